The fourth-order valence-electron chi connectivity index (χ4n) is 0.527. The minimum absolute atomic E-state index is 0.111. The Hall–Kier alpha value is -0.840. The number of nitrogens with zero attached hydrogens (tertiary/aromatic N) is 3. The molecule has 0 N–H and O–H groups in total. The first-order chi connectivity index (χ1) is 5.91. The van der Waals surface area contributed by atoms with Gasteiger partial charge in [-0.05, 0) is 5.53 Å². The minimum Gasteiger partial charge on any atom is -0.379 e. The van der Waals surface area contributed by atoms with Crippen molar-refractivity contribution in [1.82, 2.24) is 0 Å². The van der Waals surface area contributed by atoms with Crippen molar-refractivity contribution >= 4 is 0 Å². The van der Waals surface area contributed by atoms with Gasteiger partial charge in [0.15, 0.2) is 0 Å². The van der Waals surface area contributed by atoms with Gasteiger partial charge in [-0.1, -0.05) is 5.11 Å². The normalized spacial score (nSPS) is 9.42. The Morgan fingerprint density at radius 3 is 2.42 bits per heavy atom. The minimum atomic E-state index is -0.473. The van der Waals surface area contributed by atoms with Crippen LogP contribution in [0.15, 0.2) is 5.11 Å². The highest BCUT2D eigenvalue weighted by molar-refractivity contribution is 4.43. The Bertz CT molecular complexity index is 139. The molecule has 0 heterocycles. The van der Waals surface area contributed by atoms with Crippen LogP contribution < -0.4 is 0 Å². The summed E-state index contributed by atoms with van der Waals surface area (Å²) in [5.74, 6) is 0. The first-order valence-corrected chi connectivity index (χ1v) is 3.64. The van der Waals surface area contributed by atoms with E-state index in [1.54, 1.807) is 0 Å². The molecular formula is C6H12FN3O2. The second-order valence-electron chi connectivity index (χ2n) is 1.87. The molecule has 0 radical (unpaired) electrons. The summed E-state index contributed by atoms with van der Waals surface area (Å²) in [6.45, 7) is 1.11. The zero-order valence-corrected chi connectivity index (χ0v) is 6.78. The third-order valence-electron chi connectivity index (χ3n) is 0.992. The van der Waals surface area contributed by atoms with Crippen molar-refractivity contribution in [3.63, 3.8) is 0 Å². The average molecular weight is 177 g/mol. The number of azide groups is 1. The van der Waals surface area contributed by atoms with Crippen molar-refractivity contribution in [1.29, 1.82) is 0 Å². The molecule has 0 amide bonds. The molecule has 0 saturated heterocycles. The summed E-state index contributed by atoms with van der Waals surface area (Å²) in [6.07, 6.45) is 0. The first-order valence-electron chi connectivity index (χ1n) is 3.64. The quantitative estimate of drug-likeness (QED) is 0.243. The van der Waals surface area contributed by atoms with Gasteiger partial charge in [0, 0.05) is 11.5 Å². The molecule has 0 aromatic carbocycles. The number of alkyl halides is 1. The highest BCUT2D eigenvalue weighted by Crippen LogP contribution is 1.80. The standard InChI is InChI=1S/C6H12FN3O2/c7-1-3-11-5-6-12-4-2-9-10-8/h1-6H2. The van der Waals surface area contributed by atoms with Crippen LogP contribution in [0.1, 0.15) is 0 Å². The Kier molecular flexibility index (Phi) is 9.45. The lowest BCUT2D eigenvalue weighted by Crippen LogP contribution is -2.07. The molecule has 0 spiro atoms. The van der Waals surface area contributed by atoms with E-state index in [9.17, 15) is 4.39 Å². The van der Waals surface area contributed by atoms with Crippen LogP contribution in [0.2, 0.25) is 0 Å². The van der Waals surface area contributed by atoms with Gasteiger partial charge in [0.25, 0.3) is 0 Å². The Labute approximate surface area is 70.1 Å². The Morgan fingerprint density at radius 2 is 1.83 bits per heavy atom. The zero-order chi connectivity index (χ0) is 9.07. The third kappa shape index (κ3) is 9.16. The summed E-state index contributed by atoms with van der Waals surface area (Å²) in [7, 11) is 0. The van der Waals surface area contributed by atoms with Crippen molar-refractivity contribution < 1.29 is 13.9 Å². The summed E-state index contributed by atoms with van der Waals surface area (Å²) >= 11 is 0. The largest absolute Gasteiger partial charge is 0.379 e. The summed E-state index contributed by atoms with van der Waals surface area (Å²) in [6, 6.07) is 0. The molecule has 0 aliphatic rings. The molecular weight excluding hydrogens is 165 g/mol. The van der Waals surface area contributed by atoms with Crippen LogP contribution in [0.3, 0.4) is 0 Å². The van der Waals surface area contributed by atoms with Crippen molar-refractivity contribution in [2.45, 2.75) is 0 Å². The topological polar surface area (TPSA) is 67.2 Å². The second-order valence-corrected chi connectivity index (χ2v) is 1.87. The van der Waals surface area contributed by atoms with Crippen LogP contribution >= 0.6 is 0 Å². The molecule has 0 fully saturated rings. The first kappa shape index (κ1) is 11.2. The molecule has 0 saturated carbocycles. The smallest absolute Gasteiger partial charge is 0.113 e. The molecule has 0 aliphatic heterocycles. The second kappa shape index (κ2) is 10.2. The van der Waals surface area contributed by atoms with E-state index in [1.807, 2.05) is 0 Å². The highest BCUT2D eigenvalue weighted by atomic mass is 19.1. The van der Waals surface area contributed by atoms with Crippen LogP contribution in [-0.2, 0) is 9.47 Å². The third-order valence-corrected chi connectivity index (χ3v) is 0.992. The van der Waals surface area contributed by atoms with Crippen molar-refractivity contribution in [3.05, 3.63) is 10.4 Å². The van der Waals surface area contributed by atoms with Crippen LogP contribution in [-0.4, -0.2) is 39.6 Å². The number of hydrogen-bond donors (Lipinski definition) is 0. The number of halogens is 1. The summed E-state index contributed by atoms with van der Waals surface area (Å²) in [5, 5.41) is 3.26. The van der Waals surface area contributed by atoms with Gasteiger partial charge in [-0.2, -0.15) is 0 Å². The maximum atomic E-state index is 11.4. The Balaban J connectivity index is 2.86. The van der Waals surface area contributed by atoms with Gasteiger partial charge in [0.2, 0.25) is 0 Å². The predicted molar refractivity (Wildman–Crippen MR) is 41.6 cm³/mol. The van der Waals surface area contributed by atoms with Gasteiger partial charge in [-0.15, -0.1) is 0 Å². The van der Waals surface area contributed by atoms with E-state index in [1.165, 1.54) is 0 Å². The van der Waals surface area contributed by atoms with Crippen LogP contribution in [0.25, 0.3) is 10.4 Å². The lowest BCUT2D eigenvalue weighted by molar-refractivity contribution is 0.0456. The SMILES string of the molecule is [N-]=[N+]=NCCOCCOCCF. The van der Waals surface area contributed by atoms with Crippen LogP contribution in [0, 0.1) is 0 Å². The molecule has 0 unspecified atom stereocenters. The van der Waals surface area contributed by atoms with E-state index in [0.29, 0.717) is 26.4 Å². The average Bonchev–Trinajstić information content (AvgIpc) is 2.10. The monoisotopic (exact) mass is 177 g/mol. The van der Waals surface area contributed by atoms with Gasteiger partial charge < -0.3 is 9.47 Å². The van der Waals surface area contributed by atoms with Crippen molar-refractivity contribution in [2.24, 2.45) is 5.11 Å². The van der Waals surface area contributed by atoms with E-state index in [-0.39, 0.29) is 6.61 Å². The summed E-state index contributed by atoms with van der Waals surface area (Å²) in [4.78, 5) is 2.55. The van der Waals surface area contributed by atoms with Gasteiger partial charge in [-0.3, -0.25) is 0 Å². The van der Waals surface area contributed by atoms with Gasteiger partial charge in [0.05, 0.1) is 26.4 Å². The van der Waals surface area contributed by atoms with E-state index < -0.39 is 6.67 Å². The number of hydrogen-bond acceptors (Lipinski definition) is 3. The lowest BCUT2D eigenvalue weighted by Gasteiger charge is -2.01. The van der Waals surface area contributed by atoms with Crippen LogP contribution in [0.5, 0.6) is 0 Å². The maximum absolute atomic E-state index is 11.4. The Morgan fingerprint density at radius 1 is 1.17 bits per heavy atom. The molecule has 0 atom stereocenters. The van der Waals surface area contributed by atoms with E-state index >= 15 is 0 Å². The molecule has 70 valence electrons. The van der Waals surface area contributed by atoms with E-state index in [4.69, 9.17) is 15.0 Å². The number of rotatable bonds is 8. The molecule has 0 aliphatic carbocycles. The molecule has 5 nitrogen and oxygen atoms in total. The van der Waals surface area contributed by atoms with E-state index in [0.717, 1.165) is 0 Å². The molecule has 0 aromatic heterocycles. The van der Waals surface area contributed by atoms with Gasteiger partial charge >= 0.3 is 0 Å². The lowest BCUT2D eigenvalue weighted by atomic mass is 10.7. The van der Waals surface area contributed by atoms with Gasteiger partial charge in [-0.25, -0.2) is 4.39 Å². The van der Waals surface area contributed by atoms with Crippen molar-refractivity contribution in [3.8, 4) is 0 Å². The fourth-order valence-corrected chi connectivity index (χ4v) is 0.527. The van der Waals surface area contributed by atoms with E-state index in [2.05, 4.69) is 10.0 Å². The number of ether oxygens (including phenoxy) is 2. The summed E-state index contributed by atoms with van der Waals surface area (Å²) in [5.41, 5.74) is 7.88. The van der Waals surface area contributed by atoms with Crippen molar-refractivity contribution in [2.75, 3.05) is 39.6 Å². The predicted octanol–water partition coefficient (Wildman–Crippen LogP) is 1.30. The summed E-state index contributed by atoms with van der Waals surface area (Å²) < 4.78 is 21.2. The highest BCUT2D eigenvalue weighted by Gasteiger charge is 1.88. The van der Waals surface area contributed by atoms with Crippen LogP contribution in [0.4, 0.5) is 4.39 Å². The fraction of sp³-hybridized carbons (Fsp3) is 1.00. The zero-order valence-electron chi connectivity index (χ0n) is 6.78. The maximum Gasteiger partial charge on any atom is 0.113 e. The molecule has 12 heavy (non-hydrogen) atoms. The molecule has 0 aromatic rings. The molecule has 0 bridgehead atoms. The molecule has 0 rings (SSSR count). The molecule has 6 heteroatoms. The van der Waals surface area contributed by atoms with Gasteiger partial charge in [0.1, 0.15) is 6.67 Å².